The maximum absolute atomic E-state index is 12.9. The van der Waals surface area contributed by atoms with Crippen LogP contribution in [-0.4, -0.2) is 19.6 Å². The number of hydrogen-bond acceptors (Lipinski definition) is 2. The lowest BCUT2D eigenvalue weighted by molar-refractivity contribution is -0.126. The van der Waals surface area contributed by atoms with Crippen molar-refractivity contribution in [3.63, 3.8) is 0 Å². The number of methoxy groups -OCH3 is 1. The molecular formula is C22H27NO2. The first kappa shape index (κ1) is 17.5. The molecule has 1 aliphatic carbocycles. The molecule has 0 bridgehead atoms. The van der Waals surface area contributed by atoms with Crippen LogP contribution in [0.15, 0.2) is 54.6 Å². The molecule has 2 aromatic rings. The van der Waals surface area contributed by atoms with Crippen LogP contribution in [0, 0.1) is 0 Å². The van der Waals surface area contributed by atoms with Gasteiger partial charge in [-0.15, -0.1) is 0 Å². The van der Waals surface area contributed by atoms with E-state index < -0.39 is 5.41 Å². The summed E-state index contributed by atoms with van der Waals surface area (Å²) < 4.78 is 5.21. The van der Waals surface area contributed by atoms with Gasteiger partial charge in [0.15, 0.2) is 0 Å². The number of ether oxygens (including phenoxy) is 1. The minimum absolute atomic E-state index is 0.0693. The van der Waals surface area contributed by atoms with Crippen LogP contribution in [0.5, 0.6) is 5.75 Å². The molecule has 1 aliphatic rings. The smallest absolute Gasteiger partial charge is 0.230 e. The molecule has 0 unspecified atom stereocenters. The third-order valence-corrected chi connectivity index (χ3v) is 5.66. The first-order valence-corrected chi connectivity index (χ1v) is 8.96. The Morgan fingerprint density at radius 1 is 1.08 bits per heavy atom. The first-order valence-electron chi connectivity index (χ1n) is 8.96. The molecule has 0 atom stereocenters. The van der Waals surface area contributed by atoms with Gasteiger partial charge in [-0.1, -0.05) is 48.9 Å². The zero-order valence-corrected chi connectivity index (χ0v) is 15.3. The van der Waals surface area contributed by atoms with E-state index in [1.165, 1.54) is 12.0 Å². The van der Waals surface area contributed by atoms with Gasteiger partial charge in [0, 0.05) is 12.0 Å². The quantitative estimate of drug-likeness (QED) is 0.857. The summed E-state index contributed by atoms with van der Waals surface area (Å²) in [5, 5.41) is 3.22. The summed E-state index contributed by atoms with van der Waals surface area (Å²) in [5.41, 5.74) is 1.86. The molecule has 2 aromatic carbocycles. The van der Waals surface area contributed by atoms with Crippen molar-refractivity contribution in [2.24, 2.45) is 0 Å². The largest absolute Gasteiger partial charge is 0.497 e. The van der Waals surface area contributed by atoms with E-state index in [4.69, 9.17) is 4.74 Å². The number of benzene rings is 2. The fraction of sp³-hybridized carbons (Fsp3) is 0.409. The average molecular weight is 337 g/mol. The predicted molar refractivity (Wildman–Crippen MR) is 101 cm³/mol. The second kappa shape index (κ2) is 6.91. The Morgan fingerprint density at radius 2 is 1.72 bits per heavy atom. The highest BCUT2D eigenvalue weighted by Crippen LogP contribution is 2.43. The van der Waals surface area contributed by atoms with E-state index in [0.717, 1.165) is 24.2 Å². The van der Waals surface area contributed by atoms with Crippen LogP contribution in [0.3, 0.4) is 0 Å². The second-order valence-corrected chi connectivity index (χ2v) is 7.54. The van der Waals surface area contributed by atoms with Gasteiger partial charge in [-0.25, -0.2) is 0 Å². The molecular weight excluding hydrogens is 310 g/mol. The van der Waals surface area contributed by atoms with E-state index in [1.54, 1.807) is 7.11 Å². The van der Waals surface area contributed by atoms with Crippen molar-refractivity contribution in [1.29, 1.82) is 0 Å². The zero-order chi connectivity index (χ0) is 17.9. The molecule has 1 saturated carbocycles. The molecule has 0 radical (unpaired) electrons. The van der Waals surface area contributed by atoms with Gasteiger partial charge in [-0.3, -0.25) is 4.79 Å². The molecule has 3 heteroatoms. The summed E-state index contributed by atoms with van der Waals surface area (Å²) in [7, 11) is 1.65. The average Bonchev–Trinajstić information content (AvgIpc) is 2.61. The highest BCUT2D eigenvalue weighted by atomic mass is 16.5. The Hall–Kier alpha value is -2.29. The van der Waals surface area contributed by atoms with E-state index in [2.05, 4.69) is 29.6 Å². The summed E-state index contributed by atoms with van der Waals surface area (Å²) in [6.45, 7) is 4.65. The standard InChI is InChI=1S/C22H27NO2/c1-21(2,17-10-12-19(25-3)13-11-17)20(24)23-16-22(14-7-15-22)18-8-5-4-6-9-18/h4-6,8-13H,7,14-16H2,1-3H3,(H,23,24). The van der Waals surface area contributed by atoms with Crippen molar-refractivity contribution in [2.45, 2.75) is 43.9 Å². The Morgan fingerprint density at radius 3 is 2.24 bits per heavy atom. The molecule has 1 amide bonds. The van der Waals surface area contributed by atoms with Gasteiger partial charge in [0.1, 0.15) is 5.75 Å². The van der Waals surface area contributed by atoms with E-state index in [9.17, 15) is 4.79 Å². The van der Waals surface area contributed by atoms with Crippen molar-refractivity contribution < 1.29 is 9.53 Å². The Kier molecular flexibility index (Phi) is 4.85. The normalized spacial score (nSPS) is 16.0. The molecule has 0 aliphatic heterocycles. The molecule has 1 fully saturated rings. The Bertz CT molecular complexity index is 715. The molecule has 3 rings (SSSR count). The van der Waals surface area contributed by atoms with Gasteiger partial charge < -0.3 is 10.1 Å². The second-order valence-electron chi connectivity index (χ2n) is 7.54. The van der Waals surface area contributed by atoms with Gasteiger partial charge in [0.05, 0.1) is 12.5 Å². The van der Waals surface area contributed by atoms with Crippen LogP contribution in [0.4, 0.5) is 0 Å². The molecule has 0 spiro atoms. The maximum atomic E-state index is 12.9. The van der Waals surface area contributed by atoms with Crippen LogP contribution in [0.2, 0.25) is 0 Å². The van der Waals surface area contributed by atoms with Gasteiger partial charge in [0.2, 0.25) is 5.91 Å². The van der Waals surface area contributed by atoms with E-state index in [-0.39, 0.29) is 11.3 Å². The third kappa shape index (κ3) is 3.41. The van der Waals surface area contributed by atoms with Gasteiger partial charge in [0.25, 0.3) is 0 Å². The molecule has 132 valence electrons. The molecule has 3 nitrogen and oxygen atoms in total. The lowest BCUT2D eigenvalue weighted by atomic mass is 9.64. The van der Waals surface area contributed by atoms with Crippen molar-refractivity contribution in [3.8, 4) is 5.75 Å². The van der Waals surface area contributed by atoms with E-state index >= 15 is 0 Å². The number of carbonyl (C=O) groups is 1. The number of nitrogens with one attached hydrogen (secondary N) is 1. The predicted octanol–water partition coefficient (Wildman–Crippen LogP) is 4.21. The topological polar surface area (TPSA) is 38.3 Å². The van der Waals surface area contributed by atoms with Gasteiger partial charge in [-0.2, -0.15) is 0 Å². The minimum atomic E-state index is -0.575. The SMILES string of the molecule is COc1ccc(C(C)(C)C(=O)NCC2(c3ccccc3)CCC2)cc1. The van der Waals surface area contributed by atoms with E-state index in [1.807, 2.05) is 44.2 Å². The zero-order valence-electron chi connectivity index (χ0n) is 15.3. The van der Waals surface area contributed by atoms with Crippen molar-refractivity contribution in [3.05, 3.63) is 65.7 Å². The number of carbonyl (C=O) groups excluding carboxylic acids is 1. The van der Waals surface area contributed by atoms with Crippen LogP contribution < -0.4 is 10.1 Å². The molecule has 0 aromatic heterocycles. The maximum Gasteiger partial charge on any atom is 0.230 e. The first-order chi connectivity index (χ1) is 12.0. The monoisotopic (exact) mass is 337 g/mol. The Balaban J connectivity index is 1.70. The Labute approximate surface area is 150 Å². The molecule has 0 heterocycles. The summed E-state index contributed by atoms with van der Waals surface area (Å²) in [5.74, 6) is 0.873. The molecule has 0 saturated heterocycles. The van der Waals surface area contributed by atoms with Crippen LogP contribution >= 0.6 is 0 Å². The van der Waals surface area contributed by atoms with Crippen LogP contribution in [-0.2, 0) is 15.6 Å². The third-order valence-electron chi connectivity index (χ3n) is 5.66. The van der Waals surface area contributed by atoms with Crippen molar-refractivity contribution >= 4 is 5.91 Å². The minimum Gasteiger partial charge on any atom is -0.497 e. The number of hydrogen-bond donors (Lipinski definition) is 1. The summed E-state index contributed by atoms with van der Waals surface area (Å²) in [4.78, 5) is 12.9. The summed E-state index contributed by atoms with van der Waals surface area (Å²) in [6.07, 6.45) is 3.51. The van der Waals surface area contributed by atoms with Crippen LogP contribution in [0.25, 0.3) is 0 Å². The highest BCUT2D eigenvalue weighted by Gasteiger charge is 2.40. The van der Waals surface area contributed by atoms with Gasteiger partial charge in [-0.05, 0) is 49.9 Å². The van der Waals surface area contributed by atoms with E-state index in [0.29, 0.717) is 6.54 Å². The van der Waals surface area contributed by atoms with Crippen molar-refractivity contribution in [2.75, 3.05) is 13.7 Å². The molecule has 1 N–H and O–H groups in total. The number of rotatable bonds is 6. The fourth-order valence-electron chi connectivity index (χ4n) is 3.57. The van der Waals surface area contributed by atoms with Crippen LogP contribution in [0.1, 0.15) is 44.2 Å². The lowest BCUT2D eigenvalue weighted by Crippen LogP contribution is -2.49. The highest BCUT2D eigenvalue weighted by molar-refractivity contribution is 5.87. The fourth-order valence-corrected chi connectivity index (χ4v) is 3.57. The summed E-state index contributed by atoms with van der Waals surface area (Å²) in [6, 6.07) is 18.3. The summed E-state index contributed by atoms with van der Waals surface area (Å²) >= 11 is 0. The molecule has 25 heavy (non-hydrogen) atoms. The van der Waals surface area contributed by atoms with Crippen molar-refractivity contribution in [1.82, 2.24) is 5.32 Å². The van der Waals surface area contributed by atoms with Gasteiger partial charge >= 0.3 is 0 Å². The lowest BCUT2D eigenvalue weighted by Gasteiger charge is -2.43. The number of amides is 1.